The number of aromatic nitrogens is 2. The summed E-state index contributed by atoms with van der Waals surface area (Å²) in [5, 5.41) is 5.68. The topological polar surface area (TPSA) is 64.0 Å². The lowest BCUT2D eigenvalue weighted by Gasteiger charge is -2.22. The first-order valence-electron chi connectivity index (χ1n) is 10.6. The number of hydrogen-bond donors (Lipinski definition) is 1. The van der Waals surface area contributed by atoms with E-state index in [-0.39, 0.29) is 24.1 Å². The maximum atomic E-state index is 13.0. The van der Waals surface area contributed by atoms with E-state index in [9.17, 15) is 9.59 Å². The highest BCUT2D eigenvalue weighted by molar-refractivity contribution is 7.10. The Hall–Kier alpha value is -3.25. The van der Waals surface area contributed by atoms with Crippen molar-refractivity contribution in [1.29, 1.82) is 0 Å². The van der Waals surface area contributed by atoms with Crippen molar-refractivity contribution in [3.8, 4) is 0 Å². The van der Waals surface area contributed by atoms with Gasteiger partial charge in [0.2, 0.25) is 5.91 Å². The number of fused-ring (bicyclic) bond motifs is 2. The van der Waals surface area contributed by atoms with E-state index in [1.54, 1.807) is 29.5 Å². The summed E-state index contributed by atoms with van der Waals surface area (Å²) in [6.45, 7) is -0.0660. The van der Waals surface area contributed by atoms with Gasteiger partial charge in [0, 0.05) is 4.88 Å². The molecule has 1 aliphatic carbocycles. The first-order valence-corrected chi connectivity index (χ1v) is 11.5. The first kappa shape index (κ1) is 19.7. The molecule has 0 fully saturated rings. The molecular formula is C25H23N3O2S. The smallest absolute Gasteiger partial charge is 0.261 e. The van der Waals surface area contributed by atoms with E-state index in [1.807, 2.05) is 23.6 Å². The summed E-state index contributed by atoms with van der Waals surface area (Å²) in [6.07, 6.45) is 6.12. The zero-order valence-corrected chi connectivity index (χ0v) is 17.9. The quantitative estimate of drug-likeness (QED) is 0.516. The van der Waals surface area contributed by atoms with Crippen LogP contribution in [0.1, 0.15) is 40.5 Å². The molecule has 0 aliphatic heterocycles. The third kappa shape index (κ3) is 4.03. The van der Waals surface area contributed by atoms with E-state index in [1.165, 1.54) is 34.9 Å². The Labute approximate surface area is 184 Å². The highest BCUT2D eigenvalue weighted by Crippen LogP contribution is 2.30. The molecule has 0 unspecified atom stereocenters. The Kier molecular flexibility index (Phi) is 5.38. The van der Waals surface area contributed by atoms with Crippen molar-refractivity contribution < 1.29 is 4.79 Å². The van der Waals surface area contributed by atoms with Gasteiger partial charge < -0.3 is 5.32 Å². The fourth-order valence-corrected chi connectivity index (χ4v) is 5.09. The van der Waals surface area contributed by atoms with Gasteiger partial charge in [0.25, 0.3) is 5.56 Å². The van der Waals surface area contributed by atoms with E-state index in [2.05, 4.69) is 28.5 Å². The standard InChI is InChI=1S/C25H23N3O2S/c29-23(15-28-16-26-21-9-4-3-8-20(21)25(28)30)27-24(22-10-5-13-31-22)19-12-11-17-6-1-2-7-18(17)14-19/h3-5,8-14,16,24H,1-2,6-7,15H2,(H,27,29)/t24-/m1/s1. The number of carbonyl (C=O) groups excluding carboxylic acids is 1. The highest BCUT2D eigenvalue weighted by Gasteiger charge is 2.20. The Balaban J connectivity index is 1.42. The average Bonchev–Trinajstić information content (AvgIpc) is 3.34. The van der Waals surface area contributed by atoms with Crippen molar-refractivity contribution in [3.63, 3.8) is 0 Å². The number of nitrogens with one attached hydrogen (secondary N) is 1. The van der Waals surface area contributed by atoms with Crippen LogP contribution in [0.2, 0.25) is 0 Å². The predicted molar refractivity (Wildman–Crippen MR) is 123 cm³/mol. The van der Waals surface area contributed by atoms with Crippen molar-refractivity contribution in [2.24, 2.45) is 0 Å². The second-order valence-corrected chi connectivity index (χ2v) is 8.93. The molecule has 5 rings (SSSR count). The van der Waals surface area contributed by atoms with E-state index >= 15 is 0 Å². The molecule has 4 aromatic rings. The minimum atomic E-state index is -0.233. The van der Waals surface area contributed by atoms with Crippen LogP contribution in [-0.2, 0) is 24.2 Å². The van der Waals surface area contributed by atoms with Gasteiger partial charge in [-0.15, -0.1) is 11.3 Å². The fourth-order valence-electron chi connectivity index (χ4n) is 4.29. The Morgan fingerprint density at radius 1 is 1.06 bits per heavy atom. The summed E-state index contributed by atoms with van der Waals surface area (Å²) < 4.78 is 1.37. The van der Waals surface area contributed by atoms with Gasteiger partial charge >= 0.3 is 0 Å². The van der Waals surface area contributed by atoms with E-state index in [0.29, 0.717) is 10.9 Å². The lowest BCUT2D eigenvalue weighted by Crippen LogP contribution is -2.35. The Morgan fingerprint density at radius 2 is 1.90 bits per heavy atom. The second-order valence-electron chi connectivity index (χ2n) is 7.95. The molecule has 2 aromatic heterocycles. The number of benzene rings is 2. The summed E-state index contributed by atoms with van der Waals surface area (Å²) in [4.78, 5) is 31.1. The van der Waals surface area contributed by atoms with Crippen LogP contribution >= 0.6 is 11.3 Å². The maximum absolute atomic E-state index is 13.0. The summed E-state index contributed by atoms with van der Waals surface area (Å²) in [5.41, 5.74) is 4.31. The summed E-state index contributed by atoms with van der Waals surface area (Å²) in [7, 11) is 0. The van der Waals surface area contributed by atoms with Crippen LogP contribution in [0.4, 0.5) is 0 Å². The van der Waals surface area contributed by atoms with Crippen LogP contribution < -0.4 is 10.9 Å². The zero-order chi connectivity index (χ0) is 21.2. The van der Waals surface area contributed by atoms with Gasteiger partial charge in [0.1, 0.15) is 6.54 Å². The van der Waals surface area contributed by atoms with Crippen molar-refractivity contribution >= 4 is 28.1 Å². The first-order chi connectivity index (χ1) is 15.2. The lowest BCUT2D eigenvalue weighted by molar-refractivity contribution is -0.122. The molecule has 0 saturated heterocycles. The number of amides is 1. The second kappa shape index (κ2) is 8.47. The van der Waals surface area contributed by atoms with Crippen LogP contribution in [-0.4, -0.2) is 15.5 Å². The highest BCUT2D eigenvalue weighted by atomic mass is 32.1. The molecule has 0 spiro atoms. The number of nitrogens with zero attached hydrogens (tertiary/aromatic N) is 2. The minimum absolute atomic E-state index is 0.0660. The van der Waals surface area contributed by atoms with Gasteiger partial charge in [-0.3, -0.25) is 14.2 Å². The number of thiophene rings is 1. The third-order valence-corrected chi connectivity index (χ3v) is 6.82. The number of carbonyl (C=O) groups is 1. The molecule has 1 N–H and O–H groups in total. The molecular weight excluding hydrogens is 406 g/mol. The summed E-state index contributed by atoms with van der Waals surface area (Å²) in [6, 6.07) is 17.5. The van der Waals surface area contributed by atoms with E-state index in [0.717, 1.165) is 23.3 Å². The molecule has 5 nitrogen and oxygen atoms in total. The summed E-state index contributed by atoms with van der Waals surface area (Å²) in [5.74, 6) is -0.213. The predicted octanol–water partition coefficient (Wildman–Crippen LogP) is 4.24. The molecule has 156 valence electrons. The average molecular weight is 430 g/mol. The fraction of sp³-hybridized carbons (Fsp3) is 0.240. The molecule has 0 radical (unpaired) electrons. The molecule has 6 heteroatoms. The van der Waals surface area contributed by atoms with Crippen LogP contribution in [0.5, 0.6) is 0 Å². The molecule has 0 saturated carbocycles. The number of para-hydroxylation sites is 1. The molecule has 2 aromatic carbocycles. The number of aryl methyl sites for hydroxylation is 2. The van der Waals surface area contributed by atoms with Gasteiger partial charge in [0.05, 0.1) is 23.3 Å². The SMILES string of the molecule is O=C(Cn1cnc2ccccc2c1=O)N[C@H](c1ccc2c(c1)CCCC2)c1cccs1. The van der Waals surface area contributed by atoms with Crippen molar-refractivity contribution in [2.75, 3.05) is 0 Å². The van der Waals surface area contributed by atoms with Gasteiger partial charge in [0.15, 0.2) is 0 Å². The lowest BCUT2D eigenvalue weighted by atomic mass is 9.89. The van der Waals surface area contributed by atoms with Gasteiger partial charge in [-0.1, -0.05) is 36.4 Å². The number of hydrogen-bond acceptors (Lipinski definition) is 4. The van der Waals surface area contributed by atoms with E-state index < -0.39 is 0 Å². The van der Waals surface area contributed by atoms with Crippen molar-refractivity contribution in [1.82, 2.24) is 14.9 Å². The minimum Gasteiger partial charge on any atom is -0.343 e. The molecule has 2 heterocycles. The zero-order valence-electron chi connectivity index (χ0n) is 17.1. The van der Waals surface area contributed by atoms with Crippen LogP contribution in [0.25, 0.3) is 10.9 Å². The van der Waals surface area contributed by atoms with Crippen molar-refractivity contribution in [2.45, 2.75) is 38.3 Å². The monoisotopic (exact) mass is 429 g/mol. The molecule has 31 heavy (non-hydrogen) atoms. The van der Waals surface area contributed by atoms with E-state index in [4.69, 9.17) is 0 Å². The maximum Gasteiger partial charge on any atom is 0.261 e. The van der Waals surface area contributed by atoms with Gasteiger partial charge in [-0.05, 0) is 66.0 Å². The van der Waals surface area contributed by atoms with Crippen molar-refractivity contribution in [3.05, 3.63) is 98.2 Å². The molecule has 1 aliphatic rings. The summed E-state index contributed by atoms with van der Waals surface area (Å²) >= 11 is 1.62. The molecule has 0 bridgehead atoms. The Bertz CT molecular complexity index is 1290. The Morgan fingerprint density at radius 3 is 2.74 bits per heavy atom. The van der Waals surface area contributed by atoms with Crippen LogP contribution in [0, 0.1) is 0 Å². The van der Waals surface area contributed by atoms with Gasteiger partial charge in [-0.2, -0.15) is 0 Å². The molecule has 1 atom stereocenters. The third-order valence-electron chi connectivity index (χ3n) is 5.88. The largest absolute Gasteiger partial charge is 0.343 e. The number of rotatable bonds is 5. The van der Waals surface area contributed by atoms with Crippen LogP contribution in [0.3, 0.4) is 0 Å². The van der Waals surface area contributed by atoms with Gasteiger partial charge in [-0.25, -0.2) is 4.98 Å². The van der Waals surface area contributed by atoms with Crippen LogP contribution in [0.15, 0.2) is 71.1 Å². The normalized spacial score (nSPS) is 14.2. The molecule has 1 amide bonds.